The number of esters is 1. The number of hydrogen-bond donors (Lipinski definition) is 0. The van der Waals surface area contributed by atoms with E-state index in [2.05, 4.69) is 0 Å². The third-order valence-electron chi connectivity index (χ3n) is 6.78. The van der Waals surface area contributed by atoms with Crippen LogP contribution in [-0.2, 0) is 14.3 Å². The van der Waals surface area contributed by atoms with Crippen molar-refractivity contribution in [3.63, 3.8) is 0 Å². The van der Waals surface area contributed by atoms with E-state index in [0.29, 0.717) is 18.4 Å². The van der Waals surface area contributed by atoms with Gasteiger partial charge >= 0.3 is 5.97 Å². The minimum atomic E-state index is -0.478. The van der Waals surface area contributed by atoms with Crippen LogP contribution in [0.1, 0.15) is 84.0 Å². The maximum Gasteiger partial charge on any atom is 0.316 e. The Balaban J connectivity index is 1.64. The lowest BCUT2D eigenvalue weighted by molar-refractivity contribution is -0.156. The molecule has 0 unspecified atom stereocenters. The molecular formula is C19H30O3. The van der Waals surface area contributed by atoms with E-state index >= 15 is 0 Å². The van der Waals surface area contributed by atoms with Crippen molar-refractivity contribution < 1.29 is 14.3 Å². The van der Waals surface area contributed by atoms with Crippen molar-refractivity contribution in [1.29, 1.82) is 0 Å². The van der Waals surface area contributed by atoms with Crippen LogP contribution in [0.3, 0.4) is 0 Å². The zero-order chi connectivity index (χ0) is 15.6. The molecule has 124 valence electrons. The molecule has 3 heteroatoms. The standard InChI is InChI=1S/C19H30O3/c1-2-22-17(21)15-14-19(9-6-16(15)20)12-10-18(11-13-19)7-4-3-5-8-18/h15H,2-14H2,1H3/t15-/m1/s1. The predicted molar refractivity (Wildman–Crippen MR) is 85.4 cm³/mol. The first-order valence-electron chi connectivity index (χ1n) is 9.28. The van der Waals surface area contributed by atoms with E-state index in [1.807, 2.05) is 6.92 Å². The minimum Gasteiger partial charge on any atom is -0.465 e. The van der Waals surface area contributed by atoms with Crippen LogP contribution in [0.2, 0.25) is 0 Å². The predicted octanol–water partition coefficient (Wildman–Crippen LogP) is 4.43. The summed E-state index contributed by atoms with van der Waals surface area (Å²) in [4.78, 5) is 24.2. The number of rotatable bonds is 2. The number of Topliss-reactive ketones (excluding diaryl/α,β-unsaturated/α-hetero) is 1. The summed E-state index contributed by atoms with van der Waals surface area (Å²) in [5.74, 6) is -0.638. The molecule has 0 amide bonds. The highest BCUT2D eigenvalue weighted by atomic mass is 16.5. The average Bonchev–Trinajstić information content (AvgIpc) is 2.54. The number of ether oxygens (including phenoxy) is 1. The van der Waals surface area contributed by atoms with Gasteiger partial charge in [-0.25, -0.2) is 0 Å². The van der Waals surface area contributed by atoms with E-state index in [1.54, 1.807) is 0 Å². The van der Waals surface area contributed by atoms with Gasteiger partial charge in [-0.2, -0.15) is 0 Å². The SMILES string of the molecule is CCOC(=O)[C@@H]1CC2(CCC1=O)CCC1(CCCCC1)CC2. The van der Waals surface area contributed by atoms with Gasteiger partial charge in [-0.1, -0.05) is 19.3 Å². The highest BCUT2D eigenvalue weighted by Gasteiger charge is 2.48. The van der Waals surface area contributed by atoms with Crippen LogP contribution in [0.25, 0.3) is 0 Å². The fourth-order valence-corrected chi connectivity index (χ4v) is 5.24. The highest BCUT2D eigenvalue weighted by Crippen LogP contribution is 2.57. The first-order valence-corrected chi connectivity index (χ1v) is 9.28. The maximum absolute atomic E-state index is 12.1. The number of carbonyl (C=O) groups is 2. The molecule has 3 saturated carbocycles. The van der Waals surface area contributed by atoms with Gasteiger partial charge in [0.15, 0.2) is 0 Å². The Bertz CT molecular complexity index is 424. The topological polar surface area (TPSA) is 43.4 Å². The Morgan fingerprint density at radius 3 is 2.27 bits per heavy atom. The molecule has 0 aromatic rings. The second-order valence-electron chi connectivity index (χ2n) is 8.04. The van der Waals surface area contributed by atoms with E-state index < -0.39 is 5.92 Å². The summed E-state index contributed by atoms with van der Waals surface area (Å²) < 4.78 is 5.14. The molecule has 0 radical (unpaired) electrons. The molecule has 0 aliphatic heterocycles. The Morgan fingerprint density at radius 1 is 1.00 bits per heavy atom. The van der Waals surface area contributed by atoms with Crippen LogP contribution in [0.5, 0.6) is 0 Å². The Kier molecular flexibility index (Phi) is 4.61. The molecule has 3 aliphatic rings. The van der Waals surface area contributed by atoms with E-state index in [9.17, 15) is 9.59 Å². The molecule has 0 aromatic heterocycles. The molecule has 2 spiro atoms. The average molecular weight is 306 g/mol. The highest BCUT2D eigenvalue weighted by molar-refractivity contribution is 5.99. The first-order chi connectivity index (χ1) is 10.6. The van der Waals surface area contributed by atoms with Crippen LogP contribution in [0.4, 0.5) is 0 Å². The van der Waals surface area contributed by atoms with Gasteiger partial charge in [0.2, 0.25) is 0 Å². The monoisotopic (exact) mass is 306 g/mol. The van der Waals surface area contributed by atoms with Crippen molar-refractivity contribution in [3.8, 4) is 0 Å². The van der Waals surface area contributed by atoms with Crippen molar-refractivity contribution in [3.05, 3.63) is 0 Å². The van der Waals surface area contributed by atoms with Gasteiger partial charge in [0.25, 0.3) is 0 Å². The molecular weight excluding hydrogens is 276 g/mol. The van der Waals surface area contributed by atoms with E-state index in [1.165, 1.54) is 57.8 Å². The third kappa shape index (κ3) is 3.09. The summed E-state index contributed by atoms with van der Waals surface area (Å²) in [7, 11) is 0. The van der Waals surface area contributed by atoms with Crippen LogP contribution >= 0.6 is 0 Å². The lowest BCUT2D eigenvalue weighted by atomic mass is 9.54. The molecule has 0 heterocycles. The molecule has 3 aliphatic carbocycles. The largest absolute Gasteiger partial charge is 0.465 e. The normalized spacial score (nSPS) is 30.4. The van der Waals surface area contributed by atoms with Crippen molar-refractivity contribution in [1.82, 2.24) is 0 Å². The van der Waals surface area contributed by atoms with Crippen LogP contribution in [-0.4, -0.2) is 18.4 Å². The Labute approximate surface area is 134 Å². The fourth-order valence-electron chi connectivity index (χ4n) is 5.24. The second kappa shape index (κ2) is 6.33. The molecule has 3 rings (SSSR count). The number of ketones is 1. The third-order valence-corrected chi connectivity index (χ3v) is 6.78. The molecule has 0 bridgehead atoms. The zero-order valence-corrected chi connectivity index (χ0v) is 14.0. The van der Waals surface area contributed by atoms with Gasteiger partial charge in [-0.05, 0) is 69.1 Å². The van der Waals surface area contributed by atoms with Crippen molar-refractivity contribution in [2.75, 3.05) is 6.61 Å². The van der Waals surface area contributed by atoms with Gasteiger partial charge in [-0.3, -0.25) is 9.59 Å². The van der Waals surface area contributed by atoms with Crippen LogP contribution < -0.4 is 0 Å². The van der Waals surface area contributed by atoms with Gasteiger partial charge < -0.3 is 4.74 Å². The summed E-state index contributed by atoms with van der Waals surface area (Å²) >= 11 is 0. The van der Waals surface area contributed by atoms with Crippen LogP contribution in [0.15, 0.2) is 0 Å². The molecule has 3 fully saturated rings. The summed E-state index contributed by atoms with van der Waals surface area (Å²) in [5.41, 5.74) is 0.846. The van der Waals surface area contributed by atoms with Gasteiger partial charge in [0.1, 0.15) is 11.7 Å². The van der Waals surface area contributed by atoms with Crippen molar-refractivity contribution in [2.24, 2.45) is 16.7 Å². The van der Waals surface area contributed by atoms with Gasteiger partial charge in [0, 0.05) is 6.42 Å². The molecule has 1 atom stereocenters. The maximum atomic E-state index is 12.1. The lowest BCUT2D eigenvalue weighted by Gasteiger charge is -2.50. The number of carbonyl (C=O) groups excluding carboxylic acids is 2. The van der Waals surface area contributed by atoms with Crippen LogP contribution in [0, 0.1) is 16.7 Å². The van der Waals surface area contributed by atoms with E-state index in [-0.39, 0.29) is 17.2 Å². The number of hydrogen-bond acceptors (Lipinski definition) is 3. The van der Waals surface area contributed by atoms with Crippen molar-refractivity contribution in [2.45, 2.75) is 84.0 Å². The van der Waals surface area contributed by atoms with E-state index in [0.717, 1.165) is 12.8 Å². The second-order valence-corrected chi connectivity index (χ2v) is 8.04. The molecule has 22 heavy (non-hydrogen) atoms. The first kappa shape index (κ1) is 16.0. The van der Waals surface area contributed by atoms with E-state index in [4.69, 9.17) is 4.74 Å². The molecule has 3 nitrogen and oxygen atoms in total. The summed E-state index contributed by atoms with van der Waals surface area (Å²) in [6.45, 7) is 2.19. The zero-order valence-electron chi connectivity index (χ0n) is 14.0. The smallest absolute Gasteiger partial charge is 0.316 e. The molecule has 0 saturated heterocycles. The van der Waals surface area contributed by atoms with Gasteiger partial charge in [-0.15, -0.1) is 0 Å². The summed E-state index contributed by atoms with van der Waals surface area (Å²) in [6, 6.07) is 0. The Morgan fingerprint density at radius 2 is 1.64 bits per heavy atom. The summed E-state index contributed by atoms with van der Waals surface area (Å²) in [5, 5.41) is 0. The molecule has 0 N–H and O–H groups in total. The minimum absolute atomic E-state index is 0.113. The Hall–Kier alpha value is -0.860. The van der Waals surface area contributed by atoms with Crippen molar-refractivity contribution >= 4 is 11.8 Å². The molecule has 0 aromatic carbocycles. The quantitative estimate of drug-likeness (QED) is 0.560. The summed E-state index contributed by atoms with van der Waals surface area (Å²) in [6.07, 6.45) is 14.4. The lowest BCUT2D eigenvalue weighted by Crippen LogP contribution is -2.43. The fraction of sp³-hybridized carbons (Fsp3) is 0.895. The van der Waals surface area contributed by atoms with Gasteiger partial charge in [0.05, 0.1) is 6.61 Å².